The van der Waals surface area contributed by atoms with Crippen LogP contribution in [0.25, 0.3) is 0 Å². The fraction of sp³-hybridized carbons (Fsp3) is 0.529. The molecule has 0 radical (unpaired) electrons. The summed E-state index contributed by atoms with van der Waals surface area (Å²) in [5.41, 5.74) is 2.24. The average Bonchev–Trinajstić information content (AvgIpc) is 2.52. The smallest absolute Gasteiger partial charge is 0.223 e. The highest BCUT2D eigenvalue weighted by atomic mass is 127. The standard InChI is InChI=1S/C17H28N4O2.HI/c1-6-23-15-11-13(2)7-8-14(15)12-20-17(18-3)19-10-9-16(22)21(4)5;/h7-8,11H,6,9-10,12H2,1-5H3,(H2,18,19,20);1H. The summed E-state index contributed by atoms with van der Waals surface area (Å²) >= 11 is 0. The van der Waals surface area contributed by atoms with E-state index in [0.29, 0.717) is 32.1 Å². The van der Waals surface area contributed by atoms with Gasteiger partial charge >= 0.3 is 0 Å². The molecule has 0 fully saturated rings. The number of amides is 1. The molecule has 0 saturated carbocycles. The van der Waals surface area contributed by atoms with Crippen LogP contribution in [-0.2, 0) is 11.3 Å². The summed E-state index contributed by atoms with van der Waals surface area (Å²) < 4.78 is 5.67. The monoisotopic (exact) mass is 448 g/mol. The van der Waals surface area contributed by atoms with Crippen LogP contribution in [0, 0.1) is 6.92 Å². The third-order valence-corrected chi connectivity index (χ3v) is 3.32. The summed E-state index contributed by atoms with van der Waals surface area (Å²) in [6.07, 6.45) is 0.433. The van der Waals surface area contributed by atoms with Gasteiger partial charge in [0.2, 0.25) is 5.91 Å². The Kier molecular flexibility index (Phi) is 11.2. The highest BCUT2D eigenvalue weighted by Crippen LogP contribution is 2.20. The molecule has 0 spiro atoms. The van der Waals surface area contributed by atoms with E-state index in [4.69, 9.17) is 4.74 Å². The van der Waals surface area contributed by atoms with Gasteiger partial charge in [-0.2, -0.15) is 0 Å². The molecule has 2 N–H and O–H groups in total. The number of carbonyl (C=O) groups excluding carboxylic acids is 1. The third kappa shape index (κ3) is 7.85. The van der Waals surface area contributed by atoms with Crippen LogP contribution in [0.1, 0.15) is 24.5 Å². The molecule has 6 nitrogen and oxygen atoms in total. The number of benzene rings is 1. The molecule has 1 amide bonds. The van der Waals surface area contributed by atoms with Gasteiger partial charge in [-0.25, -0.2) is 0 Å². The number of hydrogen-bond donors (Lipinski definition) is 2. The lowest BCUT2D eigenvalue weighted by Crippen LogP contribution is -2.38. The van der Waals surface area contributed by atoms with Crippen LogP contribution in [0.15, 0.2) is 23.2 Å². The molecule has 7 heteroatoms. The summed E-state index contributed by atoms with van der Waals surface area (Å²) in [7, 11) is 5.21. The molecular formula is C17H29IN4O2. The Bertz CT molecular complexity index is 547. The zero-order chi connectivity index (χ0) is 17.2. The maximum atomic E-state index is 11.5. The lowest BCUT2D eigenvalue weighted by Gasteiger charge is -2.15. The predicted octanol–water partition coefficient (Wildman–Crippen LogP) is 2.16. The van der Waals surface area contributed by atoms with Gasteiger partial charge in [0.1, 0.15) is 5.75 Å². The van der Waals surface area contributed by atoms with Gasteiger partial charge in [0, 0.05) is 46.2 Å². The number of aryl methyl sites for hydroxylation is 1. The first kappa shape index (κ1) is 22.5. The zero-order valence-electron chi connectivity index (χ0n) is 15.2. The molecule has 0 unspecified atom stereocenters. The van der Waals surface area contributed by atoms with Crippen molar-refractivity contribution in [2.75, 3.05) is 34.3 Å². The molecule has 136 valence electrons. The van der Waals surface area contributed by atoms with E-state index in [-0.39, 0.29) is 29.9 Å². The number of halogens is 1. The first-order valence-corrected chi connectivity index (χ1v) is 7.85. The summed E-state index contributed by atoms with van der Waals surface area (Å²) in [6.45, 7) is 5.81. The van der Waals surface area contributed by atoms with Gasteiger partial charge in [0.15, 0.2) is 5.96 Å². The molecule has 0 aliphatic carbocycles. The van der Waals surface area contributed by atoms with E-state index in [1.54, 1.807) is 26.0 Å². The fourth-order valence-electron chi connectivity index (χ4n) is 2.01. The van der Waals surface area contributed by atoms with Crippen molar-refractivity contribution in [2.45, 2.75) is 26.8 Å². The van der Waals surface area contributed by atoms with E-state index >= 15 is 0 Å². The maximum absolute atomic E-state index is 11.5. The van der Waals surface area contributed by atoms with Crippen LogP contribution in [0.5, 0.6) is 5.75 Å². The number of nitrogens with one attached hydrogen (secondary N) is 2. The van der Waals surface area contributed by atoms with Crippen LogP contribution in [0.3, 0.4) is 0 Å². The summed E-state index contributed by atoms with van der Waals surface area (Å²) in [6, 6.07) is 6.15. The van der Waals surface area contributed by atoms with Gasteiger partial charge in [-0.05, 0) is 25.5 Å². The molecule has 0 aliphatic rings. The Morgan fingerprint density at radius 2 is 2.00 bits per heavy atom. The highest BCUT2D eigenvalue weighted by Gasteiger charge is 2.07. The number of hydrogen-bond acceptors (Lipinski definition) is 3. The maximum Gasteiger partial charge on any atom is 0.223 e. The molecule has 1 rings (SSSR count). The molecular weight excluding hydrogens is 419 g/mol. The number of rotatable bonds is 7. The quantitative estimate of drug-likeness (QED) is 0.381. The zero-order valence-corrected chi connectivity index (χ0v) is 17.5. The van der Waals surface area contributed by atoms with Crippen molar-refractivity contribution in [3.05, 3.63) is 29.3 Å². The van der Waals surface area contributed by atoms with E-state index < -0.39 is 0 Å². The summed E-state index contributed by atoms with van der Waals surface area (Å²) in [5, 5.41) is 6.38. The number of nitrogens with zero attached hydrogens (tertiary/aromatic N) is 2. The van der Waals surface area contributed by atoms with Crippen molar-refractivity contribution in [3.63, 3.8) is 0 Å². The van der Waals surface area contributed by atoms with E-state index in [0.717, 1.165) is 11.3 Å². The predicted molar refractivity (Wildman–Crippen MR) is 109 cm³/mol. The Balaban J connectivity index is 0.00000529. The van der Waals surface area contributed by atoms with Gasteiger partial charge in [-0.1, -0.05) is 12.1 Å². The largest absolute Gasteiger partial charge is 0.494 e. The number of guanidine groups is 1. The van der Waals surface area contributed by atoms with E-state index in [1.807, 2.05) is 19.9 Å². The van der Waals surface area contributed by atoms with E-state index in [2.05, 4.69) is 27.8 Å². The molecule has 0 aromatic heterocycles. The Morgan fingerprint density at radius 1 is 1.29 bits per heavy atom. The minimum atomic E-state index is 0. The van der Waals surface area contributed by atoms with Crippen molar-refractivity contribution >= 4 is 35.8 Å². The number of ether oxygens (including phenoxy) is 1. The van der Waals surface area contributed by atoms with Gasteiger partial charge < -0.3 is 20.3 Å². The van der Waals surface area contributed by atoms with Gasteiger partial charge in [0.25, 0.3) is 0 Å². The lowest BCUT2D eigenvalue weighted by molar-refractivity contribution is -0.128. The fourth-order valence-corrected chi connectivity index (χ4v) is 2.01. The lowest BCUT2D eigenvalue weighted by atomic mass is 10.1. The SMILES string of the molecule is CCOc1cc(C)ccc1CNC(=NC)NCCC(=O)N(C)C.I. The average molecular weight is 448 g/mol. The number of aliphatic imine (C=N–C) groups is 1. The van der Waals surface area contributed by atoms with Crippen molar-refractivity contribution in [1.29, 1.82) is 0 Å². The molecule has 1 aromatic carbocycles. The van der Waals surface area contributed by atoms with Gasteiger partial charge in [0.05, 0.1) is 6.61 Å². The van der Waals surface area contributed by atoms with Gasteiger partial charge in [-0.15, -0.1) is 24.0 Å². The van der Waals surface area contributed by atoms with E-state index in [1.165, 1.54) is 5.56 Å². The minimum absolute atomic E-state index is 0. The van der Waals surface area contributed by atoms with Crippen LogP contribution >= 0.6 is 24.0 Å². The normalized spacial score (nSPS) is 10.6. The van der Waals surface area contributed by atoms with Gasteiger partial charge in [-0.3, -0.25) is 9.79 Å². The minimum Gasteiger partial charge on any atom is -0.494 e. The molecule has 0 bridgehead atoms. The number of carbonyl (C=O) groups is 1. The van der Waals surface area contributed by atoms with Crippen LogP contribution in [0.2, 0.25) is 0 Å². The molecule has 0 heterocycles. The van der Waals surface area contributed by atoms with E-state index in [9.17, 15) is 4.79 Å². The third-order valence-electron chi connectivity index (χ3n) is 3.32. The van der Waals surface area contributed by atoms with Crippen LogP contribution < -0.4 is 15.4 Å². The van der Waals surface area contributed by atoms with Crippen molar-refractivity contribution in [2.24, 2.45) is 4.99 Å². The second-order valence-corrected chi connectivity index (χ2v) is 5.43. The van der Waals surface area contributed by atoms with Crippen molar-refractivity contribution < 1.29 is 9.53 Å². The molecule has 1 aromatic rings. The topological polar surface area (TPSA) is 66.0 Å². The molecule has 0 atom stereocenters. The Labute approximate surface area is 162 Å². The first-order chi connectivity index (χ1) is 11.0. The van der Waals surface area contributed by atoms with Crippen LogP contribution in [0.4, 0.5) is 0 Å². The highest BCUT2D eigenvalue weighted by molar-refractivity contribution is 14.0. The molecule has 24 heavy (non-hydrogen) atoms. The second kappa shape index (κ2) is 11.9. The van der Waals surface area contributed by atoms with Crippen molar-refractivity contribution in [3.8, 4) is 5.75 Å². The van der Waals surface area contributed by atoms with Crippen molar-refractivity contribution in [1.82, 2.24) is 15.5 Å². The molecule has 0 saturated heterocycles. The first-order valence-electron chi connectivity index (χ1n) is 7.85. The summed E-state index contributed by atoms with van der Waals surface area (Å²) in [4.78, 5) is 17.3. The second-order valence-electron chi connectivity index (χ2n) is 5.43. The molecule has 0 aliphatic heterocycles. The van der Waals surface area contributed by atoms with Crippen LogP contribution in [-0.4, -0.2) is 51.1 Å². The summed E-state index contributed by atoms with van der Waals surface area (Å²) in [5.74, 6) is 1.64. The Hall–Kier alpha value is -1.51. The Morgan fingerprint density at radius 3 is 2.58 bits per heavy atom.